The van der Waals surface area contributed by atoms with Crippen LogP contribution in [-0.2, 0) is 4.79 Å². The summed E-state index contributed by atoms with van der Waals surface area (Å²) in [4.78, 5) is 31.7. The molecule has 1 aromatic carbocycles. The van der Waals surface area contributed by atoms with E-state index in [-0.39, 0.29) is 29.2 Å². The molecule has 3 heterocycles. The lowest BCUT2D eigenvalue weighted by Gasteiger charge is -2.32. The van der Waals surface area contributed by atoms with Gasteiger partial charge in [-0.15, -0.1) is 5.10 Å². The highest BCUT2D eigenvalue weighted by atomic mass is 16.4. The van der Waals surface area contributed by atoms with Gasteiger partial charge >= 0.3 is 5.97 Å². The fourth-order valence-electron chi connectivity index (χ4n) is 5.07. The number of aromatic nitrogens is 3. The van der Waals surface area contributed by atoms with E-state index in [0.29, 0.717) is 17.4 Å². The minimum Gasteiger partial charge on any atom is -0.477 e. The Balaban J connectivity index is 1.46. The zero-order chi connectivity index (χ0) is 26.3. The molecule has 1 fully saturated rings. The first kappa shape index (κ1) is 24.7. The lowest BCUT2D eigenvalue weighted by atomic mass is 9.82. The van der Waals surface area contributed by atoms with Crippen LogP contribution in [0.3, 0.4) is 0 Å². The van der Waals surface area contributed by atoms with Crippen LogP contribution in [0.5, 0.6) is 0 Å². The number of carboxylic acid groups (broad SMARTS) is 1. The number of aryl methyl sites for hydroxylation is 1. The predicted molar refractivity (Wildman–Crippen MR) is 142 cm³/mol. The summed E-state index contributed by atoms with van der Waals surface area (Å²) >= 11 is 0. The number of hydrogen-bond acceptors (Lipinski definition) is 5. The summed E-state index contributed by atoms with van der Waals surface area (Å²) in [6.45, 7) is 7.97. The minimum absolute atomic E-state index is 0.00836. The van der Waals surface area contributed by atoms with Crippen LogP contribution in [-0.4, -0.2) is 37.8 Å². The largest absolute Gasteiger partial charge is 0.477 e. The highest BCUT2D eigenvalue weighted by Crippen LogP contribution is 2.33. The summed E-state index contributed by atoms with van der Waals surface area (Å²) in [6.07, 6.45) is 6.95. The zero-order valence-corrected chi connectivity index (χ0v) is 21.6. The van der Waals surface area contributed by atoms with Crippen molar-refractivity contribution < 1.29 is 19.1 Å². The standard InChI is InChI=1S/C29H32N4O4/c1-17(2)33(28(34)21-7-5-18(3)6-8-21)27-23(29(35)36)16-32(31-27)22-11-9-20(10-12-22)25-14-24-26(37-25)13-19(4)15-30-24/h9-18,21H,5-8H2,1-4H3,(H,35,36). The summed E-state index contributed by atoms with van der Waals surface area (Å²) in [6, 6.07) is 11.1. The molecule has 8 heteroatoms. The molecule has 5 rings (SSSR count). The van der Waals surface area contributed by atoms with Crippen LogP contribution < -0.4 is 4.90 Å². The third kappa shape index (κ3) is 4.88. The minimum atomic E-state index is -1.11. The van der Waals surface area contributed by atoms with Gasteiger partial charge in [0.2, 0.25) is 5.91 Å². The Hall–Kier alpha value is -3.94. The number of carbonyl (C=O) groups is 2. The zero-order valence-electron chi connectivity index (χ0n) is 21.6. The van der Waals surface area contributed by atoms with Crippen molar-refractivity contribution in [3.8, 4) is 17.0 Å². The summed E-state index contributed by atoms with van der Waals surface area (Å²) < 4.78 is 7.50. The molecular weight excluding hydrogens is 468 g/mol. The molecule has 0 aliphatic heterocycles. The number of amides is 1. The van der Waals surface area contributed by atoms with Crippen LogP contribution in [0.15, 0.2) is 53.2 Å². The van der Waals surface area contributed by atoms with Crippen LogP contribution in [0, 0.1) is 18.8 Å². The van der Waals surface area contributed by atoms with Crippen molar-refractivity contribution >= 4 is 28.8 Å². The van der Waals surface area contributed by atoms with Crippen molar-refractivity contribution in [3.05, 3.63) is 59.9 Å². The van der Waals surface area contributed by atoms with Gasteiger partial charge in [-0.2, -0.15) is 0 Å². The van der Waals surface area contributed by atoms with Crippen LogP contribution in [0.4, 0.5) is 5.82 Å². The number of anilines is 1. The summed E-state index contributed by atoms with van der Waals surface area (Å²) in [7, 11) is 0. The number of hydrogen-bond donors (Lipinski definition) is 1. The molecule has 1 saturated carbocycles. The Morgan fingerprint density at radius 3 is 2.46 bits per heavy atom. The molecule has 0 unspecified atom stereocenters. The number of nitrogens with zero attached hydrogens (tertiary/aromatic N) is 4. The summed E-state index contributed by atoms with van der Waals surface area (Å²) in [5.74, 6) is 0.247. The second-order valence-electron chi connectivity index (χ2n) is 10.4. The van der Waals surface area contributed by atoms with Crippen molar-refractivity contribution in [2.75, 3.05) is 4.90 Å². The maximum atomic E-state index is 13.5. The summed E-state index contributed by atoms with van der Waals surface area (Å²) in [5.41, 5.74) is 4.11. The molecule has 0 spiro atoms. The molecule has 1 N–H and O–H groups in total. The van der Waals surface area contributed by atoms with E-state index in [1.807, 2.05) is 57.2 Å². The van der Waals surface area contributed by atoms with E-state index in [2.05, 4.69) is 17.0 Å². The maximum absolute atomic E-state index is 13.5. The molecule has 4 aromatic rings. The van der Waals surface area contributed by atoms with Gasteiger partial charge in [0.25, 0.3) is 0 Å². The third-order valence-electron chi connectivity index (χ3n) is 7.19. The summed E-state index contributed by atoms with van der Waals surface area (Å²) in [5, 5.41) is 14.6. The molecule has 3 aromatic heterocycles. The van der Waals surface area contributed by atoms with E-state index in [0.717, 1.165) is 47.9 Å². The normalized spacial score (nSPS) is 17.9. The average molecular weight is 501 g/mol. The monoisotopic (exact) mass is 500 g/mol. The Morgan fingerprint density at radius 1 is 1.11 bits per heavy atom. The van der Waals surface area contributed by atoms with Gasteiger partial charge in [-0.25, -0.2) is 9.48 Å². The van der Waals surface area contributed by atoms with Crippen molar-refractivity contribution in [1.82, 2.24) is 14.8 Å². The second-order valence-corrected chi connectivity index (χ2v) is 10.4. The number of furan rings is 1. The Kier molecular flexibility index (Phi) is 6.58. The highest BCUT2D eigenvalue weighted by molar-refractivity contribution is 6.01. The second kappa shape index (κ2) is 9.84. The van der Waals surface area contributed by atoms with E-state index >= 15 is 0 Å². The quantitative estimate of drug-likeness (QED) is 0.336. The molecule has 1 amide bonds. The number of carboxylic acids is 1. The van der Waals surface area contributed by atoms with Gasteiger partial charge in [0.05, 0.1) is 5.69 Å². The van der Waals surface area contributed by atoms with E-state index in [9.17, 15) is 14.7 Å². The van der Waals surface area contributed by atoms with E-state index in [1.165, 1.54) is 10.9 Å². The van der Waals surface area contributed by atoms with Crippen LogP contribution >= 0.6 is 0 Å². The Labute approximate surface area is 215 Å². The van der Waals surface area contributed by atoms with Crippen molar-refractivity contribution in [2.45, 2.75) is 59.4 Å². The maximum Gasteiger partial charge on any atom is 0.341 e. The third-order valence-corrected chi connectivity index (χ3v) is 7.19. The van der Waals surface area contributed by atoms with Crippen molar-refractivity contribution in [3.63, 3.8) is 0 Å². The molecule has 1 aliphatic rings. The SMILES string of the molecule is Cc1cnc2cc(-c3ccc(-n4cc(C(=O)O)c(N(C(=O)C5CCC(C)CC5)C(C)C)n4)cc3)oc2c1. The van der Waals surface area contributed by atoms with Crippen molar-refractivity contribution in [2.24, 2.45) is 11.8 Å². The van der Waals surface area contributed by atoms with Gasteiger partial charge < -0.3 is 9.52 Å². The molecule has 0 bridgehead atoms. The van der Waals surface area contributed by atoms with Crippen LogP contribution in [0.1, 0.15) is 62.4 Å². The van der Waals surface area contributed by atoms with Gasteiger partial charge in [0, 0.05) is 36.0 Å². The fourth-order valence-corrected chi connectivity index (χ4v) is 5.07. The number of pyridine rings is 1. The van der Waals surface area contributed by atoms with Gasteiger partial charge in [-0.3, -0.25) is 14.7 Å². The molecular formula is C29H32N4O4. The van der Waals surface area contributed by atoms with E-state index < -0.39 is 5.97 Å². The topological polar surface area (TPSA) is 101 Å². The lowest BCUT2D eigenvalue weighted by molar-refractivity contribution is -0.124. The first-order valence-corrected chi connectivity index (χ1v) is 12.8. The van der Waals surface area contributed by atoms with Crippen molar-refractivity contribution in [1.29, 1.82) is 0 Å². The molecule has 1 aliphatic carbocycles. The molecule has 8 nitrogen and oxygen atoms in total. The average Bonchev–Trinajstić information content (AvgIpc) is 3.49. The Morgan fingerprint density at radius 2 is 1.81 bits per heavy atom. The number of rotatable bonds is 6. The predicted octanol–water partition coefficient (Wildman–Crippen LogP) is 6.25. The van der Waals surface area contributed by atoms with Crippen LogP contribution in [0.2, 0.25) is 0 Å². The first-order chi connectivity index (χ1) is 17.7. The van der Waals surface area contributed by atoms with Crippen LogP contribution in [0.25, 0.3) is 28.1 Å². The smallest absolute Gasteiger partial charge is 0.341 e. The van der Waals surface area contributed by atoms with E-state index in [1.54, 1.807) is 11.1 Å². The van der Waals surface area contributed by atoms with Gasteiger partial charge in [-0.1, -0.05) is 6.92 Å². The van der Waals surface area contributed by atoms with Gasteiger partial charge in [0.1, 0.15) is 16.8 Å². The highest BCUT2D eigenvalue weighted by Gasteiger charge is 2.34. The first-order valence-electron chi connectivity index (χ1n) is 12.8. The fraction of sp³-hybridized carbons (Fsp3) is 0.379. The molecule has 0 radical (unpaired) electrons. The Bertz CT molecular complexity index is 1440. The lowest BCUT2D eigenvalue weighted by Crippen LogP contribution is -2.43. The molecule has 0 saturated heterocycles. The van der Waals surface area contributed by atoms with Gasteiger partial charge in [0.15, 0.2) is 11.4 Å². The number of fused-ring (bicyclic) bond motifs is 1. The number of carbonyl (C=O) groups excluding carboxylic acids is 1. The molecule has 192 valence electrons. The number of benzene rings is 1. The molecule has 37 heavy (non-hydrogen) atoms. The number of aromatic carboxylic acids is 1. The van der Waals surface area contributed by atoms with Gasteiger partial charge in [-0.05, 0) is 88.3 Å². The van der Waals surface area contributed by atoms with E-state index in [4.69, 9.17) is 4.42 Å². The molecule has 0 atom stereocenters.